The molecule has 158 valence electrons. The summed E-state index contributed by atoms with van der Waals surface area (Å²) >= 11 is 0. The number of hydrogen-bond acceptors (Lipinski definition) is 3. The third-order valence-corrected chi connectivity index (χ3v) is 4.92. The van der Waals surface area contributed by atoms with Crippen molar-refractivity contribution in [3.63, 3.8) is 0 Å². The van der Waals surface area contributed by atoms with Gasteiger partial charge in [0.15, 0.2) is 5.96 Å². The molecule has 0 bridgehead atoms. The molecular formula is C22H39N5O. The van der Waals surface area contributed by atoms with Crippen molar-refractivity contribution in [3.05, 3.63) is 35.4 Å². The smallest absolute Gasteiger partial charge is 0.253 e. The average Bonchev–Trinajstić information content (AvgIpc) is 2.68. The molecule has 0 saturated carbocycles. The molecule has 0 aliphatic carbocycles. The molecule has 1 aromatic rings. The van der Waals surface area contributed by atoms with Gasteiger partial charge in [-0.05, 0) is 59.2 Å². The van der Waals surface area contributed by atoms with Gasteiger partial charge < -0.3 is 15.5 Å². The summed E-state index contributed by atoms with van der Waals surface area (Å²) in [5.41, 5.74) is 1.85. The predicted molar refractivity (Wildman–Crippen MR) is 119 cm³/mol. The molecule has 6 heteroatoms. The van der Waals surface area contributed by atoms with Crippen molar-refractivity contribution in [3.8, 4) is 0 Å². The van der Waals surface area contributed by atoms with E-state index in [9.17, 15) is 4.79 Å². The minimum Gasteiger partial charge on any atom is -0.355 e. The normalized spacial score (nSPS) is 12.0. The van der Waals surface area contributed by atoms with Gasteiger partial charge in [-0.3, -0.25) is 14.7 Å². The number of amides is 1. The Morgan fingerprint density at radius 1 is 1.00 bits per heavy atom. The number of carbonyl (C=O) groups excluding carboxylic acids is 1. The summed E-state index contributed by atoms with van der Waals surface area (Å²) < 4.78 is 0. The van der Waals surface area contributed by atoms with E-state index in [1.165, 1.54) is 0 Å². The standard InChI is InChI=1S/C22H39N5O/c1-8-26(9-2)21(28)20-12-10-19(11-13-20)16-25-22(23-7)24-14-15-27(17(3)4)18(5)6/h10-13,17-18H,8-9,14-16H2,1-7H3,(H2,23,24,25). The fourth-order valence-electron chi connectivity index (χ4n) is 3.28. The van der Waals surface area contributed by atoms with Crippen molar-refractivity contribution < 1.29 is 4.79 Å². The largest absolute Gasteiger partial charge is 0.355 e. The zero-order valence-corrected chi connectivity index (χ0v) is 18.7. The van der Waals surface area contributed by atoms with Crippen LogP contribution in [0, 0.1) is 0 Å². The van der Waals surface area contributed by atoms with E-state index in [-0.39, 0.29) is 5.91 Å². The lowest BCUT2D eigenvalue weighted by atomic mass is 10.1. The molecule has 1 aromatic carbocycles. The Morgan fingerprint density at radius 3 is 2.04 bits per heavy atom. The van der Waals surface area contributed by atoms with Crippen LogP contribution in [0.3, 0.4) is 0 Å². The average molecular weight is 390 g/mol. The van der Waals surface area contributed by atoms with Gasteiger partial charge in [0, 0.05) is 57.4 Å². The Hall–Kier alpha value is -2.08. The molecule has 0 heterocycles. The van der Waals surface area contributed by atoms with Crippen molar-refractivity contribution in [1.82, 2.24) is 20.4 Å². The lowest BCUT2D eigenvalue weighted by Gasteiger charge is -2.30. The highest BCUT2D eigenvalue weighted by molar-refractivity contribution is 5.94. The summed E-state index contributed by atoms with van der Waals surface area (Å²) in [7, 11) is 1.78. The van der Waals surface area contributed by atoms with Gasteiger partial charge in [-0.2, -0.15) is 0 Å². The highest BCUT2D eigenvalue weighted by Crippen LogP contribution is 2.08. The van der Waals surface area contributed by atoms with E-state index in [2.05, 4.69) is 48.2 Å². The van der Waals surface area contributed by atoms with Crippen LogP contribution in [-0.2, 0) is 6.54 Å². The minimum absolute atomic E-state index is 0.0850. The molecule has 0 unspecified atom stereocenters. The van der Waals surface area contributed by atoms with Gasteiger partial charge in [-0.1, -0.05) is 12.1 Å². The first-order chi connectivity index (χ1) is 13.3. The Bertz CT molecular complexity index is 598. The monoisotopic (exact) mass is 389 g/mol. The third-order valence-electron chi connectivity index (χ3n) is 4.92. The fraction of sp³-hybridized carbons (Fsp3) is 0.636. The molecule has 0 fully saturated rings. The summed E-state index contributed by atoms with van der Waals surface area (Å²) in [5.74, 6) is 0.873. The van der Waals surface area contributed by atoms with Crippen LogP contribution in [0.5, 0.6) is 0 Å². The molecule has 1 rings (SSSR count). The van der Waals surface area contributed by atoms with Crippen molar-refractivity contribution in [2.75, 3.05) is 33.2 Å². The second-order valence-electron chi connectivity index (χ2n) is 7.45. The van der Waals surface area contributed by atoms with Gasteiger partial charge in [0.05, 0.1) is 0 Å². The number of rotatable bonds is 10. The van der Waals surface area contributed by atoms with Crippen LogP contribution in [0.25, 0.3) is 0 Å². The summed E-state index contributed by atoms with van der Waals surface area (Å²) in [4.78, 5) is 21.0. The third kappa shape index (κ3) is 7.50. The Morgan fingerprint density at radius 2 is 1.57 bits per heavy atom. The van der Waals surface area contributed by atoms with Crippen LogP contribution in [-0.4, -0.2) is 67.0 Å². The first-order valence-electron chi connectivity index (χ1n) is 10.4. The molecule has 0 saturated heterocycles. The second kappa shape index (κ2) is 12.4. The molecule has 0 atom stereocenters. The van der Waals surface area contributed by atoms with E-state index in [0.29, 0.717) is 18.6 Å². The van der Waals surface area contributed by atoms with Gasteiger partial charge in [0.25, 0.3) is 5.91 Å². The van der Waals surface area contributed by atoms with Gasteiger partial charge in [-0.15, -0.1) is 0 Å². The maximum absolute atomic E-state index is 12.4. The molecule has 6 nitrogen and oxygen atoms in total. The maximum Gasteiger partial charge on any atom is 0.253 e. The van der Waals surface area contributed by atoms with E-state index in [1.54, 1.807) is 7.05 Å². The molecule has 28 heavy (non-hydrogen) atoms. The number of carbonyl (C=O) groups is 1. The summed E-state index contributed by atoms with van der Waals surface area (Å²) in [6, 6.07) is 8.84. The summed E-state index contributed by atoms with van der Waals surface area (Å²) in [6.45, 7) is 16.8. The zero-order chi connectivity index (χ0) is 21.1. The van der Waals surface area contributed by atoms with Crippen LogP contribution >= 0.6 is 0 Å². The van der Waals surface area contributed by atoms with Gasteiger partial charge in [-0.25, -0.2) is 0 Å². The van der Waals surface area contributed by atoms with Crippen molar-refractivity contribution in [2.24, 2.45) is 4.99 Å². The highest BCUT2D eigenvalue weighted by atomic mass is 16.2. The number of guanidine groups is 1. The molecule has 0 aliphatic heterocycles. The van der Waals surface area contributed by atoms with Gasteiger partial charge in [0.2, 0.25) is 0 Å². The van der Waals surface area contributed by atoms with Crippen molar-refractivity contribution in [2.45, 2.75) is 60.2 Å². The number of nitrogens with one attached hydrogen (secondary N) is 2. The van der Waals surface area contributed by atoms with Crippen molar-refractivity contribution >= 4 is 11.9 Å². The first kappa shape index (κ1) is 24.0. The number of nitrogens with zero attached hydrogens (tertiary/aromatic N) is 3. The fourth-order valence-corrected chi connectivity index (χ4v) is 3.28. The molecular weight excluding hydrogens is 350 g/mol. The van der Waals surface area contributed by atoms with Gasteiger partial charge in [0.1, 0.15) is 0 Å². The number of aliphatic imine (C=N–C) groups is 1. The Kier molecular flexibility index (Phi) is 10.6. The molecule has 0 spiro atoms. The molecule has 0 aliphatic rings. The maximum atomic E-state index is 12.4. The second-order valence-corrected chi connectivity index (χ2v) is 7.45. The first-order valence-corrected chi connectivity index (χ1v) is 10.4. The molecule has 0 radical (unpaired) electrons. The highest BCUT2D eigenvalue weighted by Gasteiger charge is 2.13. The quantitative estimate of drug-likeness (QED) is 0.477. The predicted octanol–water partition coefficient (Wildman–Crippen LogP) is 2.95. The van der Waals surface area contributed by atoms with E-state index in [4.69, 9.17) is 0 Å². The minimum atomic E-state index is 0.0850. The van der Waals surface area contributed by atoms with E-state index < -0.39 is 0 Å². The van der Waals surface area contributed by atoms with Crippen LogP contribution in [0.2, 0.25) is 0 Å². The van der Waals surface area contributed by atoms with Gasteiger partial charge >= 0.3 is 0 Å². The van der Waals surface area contributed by atoms with Crippen LogP contribution in [0.15, 0.2) is 29.3 Å². The molecule has 2 N–H and O–H groups in total. The summed E-state index contributed by atoms with van der Waals surface area (Å²) in [5, 5.41) is 6.71. The van der Waals surface area contributed by atoms with E-state index >= 15 is 0 Å². The lowest BCUT2D eigenvalue weighted by Crippen LogP contribution is -2.45. The number of hydrogen-bond donors (Lipinski definition) is 2. The zero-order valence-electron chi connectivity index (χ0n) is 18.7. The van der Waals surface area contributed by atoms with Crippen LogP contribution in [0.1, 0.15) is 57.5 Å². The summed E-state index contributed by atoms with van der Waals surface area (Å²) in [6.07, 6.45) is 0. The number of benzene rings is 1. The topological polar surface area (TPSA) is 60.0 Å². The lowest BCUT2D eigenvalue weighted by molar-refractivity contribution is 0.0773. The van der Waals surface area contributed by atoms with Crippen LogP contribution in [0.4, 0.5) is 0 Å². The van der Waals surface area contributed by atoms with E-state index in [1.807, 2.05) is 43.0 Å². The Balaban J connectivity index is 2.52. The van der Waals surface area contributed by atoms with Crippen molar-refractivity contribution in [1.29, 1.82) is 0 Å². The molecule has 1 amide bonds. The SMILES string of the molecule is CCN(CC)C(=O)c1ccc(CNC(=NC)NCCN(C(C)C)C(C)C)cc1. The van der Waals surface area contributed by atoms with Crippen LogP contribution < -0.4 is 10.6 Å². The Labute approximate surface area is 171 Å². The molecule has 0 aromatic heterocycles. The van der Waals surface area contributed by atoms with E-state index in [0.717, 1.165) is 43.3 Å².